The predicted molar refractivity (Wildman–Crippen MR) is 84.0 cm³/mol. The molecule has 2 aromatic heterocycles. The normalized spacial score (nSPS) is 20.1. The van der Waals surface area contributed by atoms with Gasteiger partial charge in [0.05, 0.1) is 4.47 Å². The van der Waals surface area contributed by atoms with E-state index in [1.807, 2.05) is 18.3 Å². The summed E-state index contributed by atoms with van der Waals surface area (Å²) in [5, 5.41) is 7.81. The summed E-state index contributed by atoms with van der Waals surface area (Å²) in [5.41, 5.74) is 0.852. The van der Waals surface area contributed by atoms with E-state index in [9.17, 15) is 0 Å². The molecule has 6 heteroatoms. The Morgan fingerprint density at radius 1 is 1.50 bits per heavy atom. The Bertz CT molecular complexity index is 594. The SMILES string of the molecule is CC(C)N1CCC(CNc2nc3c(Br)cccn3n2)C1. The molecule has 2 aromatic rings. The highest BCUT2D eigenvalue weighted by Gasteiger charge is 2.24. The lowest BCUT2D eigenvalue weighted by molar-refractivity contribution is 0.266. The van der Waals surface area contributed by atoms with Crippen LogP contribution < -0.4 is 5.32 Å². The molecule has 1 atom stereocenters. The third-order valence-corrected chi connectivity index (χ3v) is 4.53. The highest BCUT2D eigenvalue weighted by atomic mass is 79.9. The molecule has 1 fully saturated rings. The Hall–Kier alpha value is -1.14. The van der Waals surface area contributed by atoms with E-state index in [-0.39, 0.29) is 0 Å². The molecule has 3 heterocycles. The number of anilines is 1. The molecule has 1 N–H and O–H groups in total. The Kier molecular flexibility index (Phi) is 3.94. The number of likely N-dealkylation sites (tertiary alicyclic amines) is 1. The summed E-state index contributed by atoms with van der Waals surface area (Å²) in [7, 11) is 0. The first-order valence-electron chi connectivity index (χ1n) is 7.12. The fourth-order valence-corrected chi connectivity index (χ4v) is 3.11. The van der Waals surface area contributed by atoms with Crippen LogP contribution >= 0.6 is 15.9 Å². The lowest BCUT2D eigenvalue weighted by Crippen LogP contribution is -2.29. The fourth-order valence-electron chi connectivity index (χ4n) is 2.68. The van der Waals surface area contributed by atoms with Crippen LogP contribution in [0.15, 0.2) is 22.8 Å². The summed E-state index contributed by atoms with van der Waals surface area (Å²) in [5.74, 6) is 1.40. The number of aromatic nitrogens is 3. The third-order valence-electron chi connectivity index (χ3n) is 3.91. The zero-order chi connectivity index (χ0) is 14.1. The van der Waals surface area contributed by atoms with Crippen molar-refractivity contribution in [3.05, 3.63) is 22.8 Å². The molecule has 108 valence electrons. The second kappa shape index (κ2) is 5.69. The van der Waals surface area contributed by atoms with Crippen LogP contribution in [0.3, 0.4) is 0 Å². The van der Waals surface area contributed by atoms with Crippen LogP contribution in [0, 0.1) is 5.92 Å². The number of hydrogen-bond acceptors (Lipinski definition) is 4. The zero-order valence-corrected chi connectivity index (χ0v) is 13.5. The van der Waals surface area contributed by atoms with Gasteiger partial charge in [-0.3, -0.25) is 0 Å². The average Bonchev–Trinajstić information content (AvgIpc) is 3.03. The second-order valence-electron chi connectivity index (χ2n) is 5.68. The summed E-state index contributed by atoms with van der Waals surface area (Å²) >= 11 is 3.49. The van der Waals surface area contributed by atoms with Crippen LogP contribution in [0.2, 0.25) is 0 Å². The molecule has 0 amide bonds. The lowest BCUT2D eigenvalue weighted by atomic mass is 10.1. The van der Waals surface area contributed by atoms with Crippen molar-refractivity contribution >= 4 is 27.5 Å². The molecule has 5 nitrogen and oxygen atoms in total. The van der Waals surface area contributed by atoms with Gasteiger partial charge in [-0.25, -0.2) is 4.52 Å². The summed E-state index contributed by atoms with van der Waals surface area (Å²) in [6.45, 7) is 7.83. The Morgan fingerprint density at radius 3 is 3.05 bits per heavy atom. The van der Waals surface area contributed by atoms with Crippen LogP contribution in [0.5, 0.6) is 0 Å². The molecule has 0 aromatic carbocycles. The van der Waals surface area contributed by atoms with Crippen molar-refractivity contribution in [3.63, 3.8) is 0 Å². The first kappa shape index (κ1) is 13.8. The zero-order valence-electron chi connectivity index (χ0n) is 11.9. The molecule has 0 spiro atoms. The van der Waals surface area contributed by atoms with Crippen molar-refractivity contribution in [2.45, 2.75) is 26.3 Å². The van der Waals surface area contributed by atoms with Gasteiger partial charge in [0, 0.05) is 25.3 Å². The number of fused-ring (bicyclic) bond motifs is 1. The topological polar surface area (TPSA) is 45.5 Å². The quantitative estimate of drug-likeness (QED) is 0.931. The van der Waals surface area contributed by atoms with Crippen molar-refractivity contribution in [2.24, 2.45) is 5.92 Å². The number of nitrogens with zero attached hydrogens (tertiary/aromatic N) is 4. The van der Waals surface area contributed by atoms with E-state index in [4.69, 9.17) is 0 Å². The number of rotatable bonds is 4. The number of pyridine rings is 1. The fraction of sp³-hybridized carbons (Fsp3) is 0.571. The summed E-state index contributed by atoms with van der Waals surface area (Å²) in [6, 6.07) is 4.57. The molecule has 1 unspecified atom stereocenters. The van der Waals surface area contributed by atoms with Crippen LogP contribution in [-0.4, -0.2) is 45.2 Å². The minimum absolute atomic E-state index is 0.643. The van der Waals surface area contributed by atoms with Crippen LogP contribution in [0.4, 0.5) is 5.95 Å². The molecule has 3 rings (SSSR count). The molecule has 1 aliphatic heterocycles. The van der Waals surface area contributed by atoms with Gasteiger partial charge in [-0.05, 0) is 60.8 Å². The maximum Gasteiger partial charge on any atom is 0.243 e. The van der Waals surface area contributed by atoms with E-state index in [0.717, 1.165) is 16.7 Å². The molecular weight excluding hydrogens is 318 g/mol. The largest absolute Gasteiger partial charge is 0.353 e. The number of nitrogens with one attached hydrogen (secondary N) is 1. The lowest BCUT2D eigenvalue weighted by Gasteiger charge is -2.20. The van der Waals surface area contributed by atoms with Crippen molar-refractivity contribution in [1.29, 1.82) is 0 Å². The molecular formula is C14H20BrN5. The first-order chi connectivity index (χ1) is 9.63. The predicted octanol–water partition coefficient (Wildman–Crippen LogP) is 2.63. The van der Waals surface area contributed by atoms with Gasteiger partial charge >= 0.3 is 0 Å². The van der Waals surface area contributed by atoms with Gasteiger partial charge in [0.25, 0.3) is 0 Å². The molecule has 0 bridgehead atoms. The van der Waals surface area contributed by atoms with Gasteiger partial charge in [0.2, 0.25) is 5.95 Å². The van der Waals surface area contributed by atoms with E-state index in [2.05, 4.69) is 50.1 Å². The standard InChI is InChI=1S/C14H20BrN5/c1-10(2)19-7-5-11(9-19)8-16-14-17-13-12(15)4-3-6-20(13)18-14/h3-4,6,10-11H,5,7-9H2,1-2H3,(H,16,18). The minimum atomic E-state index is 0.643. The van der Waals surface area contributed by atoms with Crippen LogP contribution in [0.1, 0.15) is 20.3 Å². The van der Waals surface area contributed by atoms with Crippen LogP contribution in [0.25, 0.3) is 5.65 Å². The van der Waals surface area contributed by atoms with E-state index >= 15 is 0 Å². The van der Waals surface area contributed by atoms with Crippen LogP contribution in [-0.2, 0) is 0 Å². The van der Waals surface area contributed by atoms with Crippen molar-refractivity contribution < 1.29 is 0 Å². The van der Waals surface area contributed by atoms with Gasteiger partial charge in [0.15, 0.2) is 5.65 Å². The van der Waals surface area contributed by atoms with E-state index < -0.39 is 0 Å². The molecule has 0 radical (unpaired) electrons. The van der Waals surface area contributed by atoms with Crippen molar-refractivity contribution in [3.8, 4) is 0 Å². The van der Waals surface area contributed by atoms with Gasteiger partial charge in [-0.2, -0.15) is 4.98 Å². The average molecular weight is 338 g/mol. The summed E-state index contributed by atoms with van der Waals surface area (Å²) in [4.78, 5) is 7.04. The summed E-state index contributed by atoms with van der Waals surface area (Å²) in [6.07, 6.45) is 3.16. The maximum atomic E-state index is 4.51. The highest BCUT2D eigenvalue weighted by molar-refractivity contribution is 9.10. The Balaban J connectivity index is 1.62. The third kappa shape index (κ3) is 2.81. The van der Waals surface area contributed by atoms with Crippen molar-refractivity contribution in [2.75, 3.05) is 25.0 Å². The molecule has 20 heavy (non-hydrogen) atoms. The van der Waals surface area contributed by atoms with Crippen molar-refractivity contribution in [1.82, 2.24) is 19.5 Å². The molecule has 1 aliphatic rings. The second-order valence-corrected chi connectivity index (χ2v) is 6.54. The minimum Gasteiger partial charge on any atom is -0.353 e. The molecule has 0 aliphatic carbocycles. The highest BCUT2D eigenvalue weighted by Crippen LogP contribution is 2.20. The van der Waals surface area contributed by atoms with E-state index in [1.54, 1.807) is 4.52 Å². The number of halogens is 1. The van der Waals surface area contributed by atoms with Gasteiger partial charge in [-0.15, -0.1) is 5.10 Å². The maximum absolute atomic E-state index is 4.51. The van der Waals surface area contributed by atoms with Gasteiger partial charge in [0.1, 0.15) is 0 Å². The summed E-state index contributed by atoms with van der Waals surface area (Å²) < 4.78 is 2.76. The van der Waals surface area contributed by atoms with E-state index in [0.29, 0.717) is 17.9 Å². The van der Waals surface area contributed by atoms with Gasteiger partial charge < -0.3 is 10.2 Å². The number of hydrogen-bond donors (Lipinski definition) is 1. The smallest absolute Gasteiger partial charge is 0.243 e. The monoisotopic (exact) mass is 337 g/mol. The first-order valence-corrected chi connectivity index (χ1v) is 7.91. The van der Waals surface area contributed by atoms with Gasteiger partial charge in [-0.1, -0.05) is 0 Å². The Labute approximate surface area is 127 Å². The van der Waals surface area contributed by atoms with E-state index in [1.165, 1.54) is 19.5 Å². The molecule has 1 saturated heterocycles. The Morgan fingerprint density at radius 2 is 2.35 bits per heavy atom. The molecule has 0 saturated carbocycles.